The maximum atomic E-state index is 13.1. The van der Waals surface area contributed by atoms with E-state index in [-0.39, 0.29) is 11.7 Å². The Bertz CT molecular complexity index is 845. The average Bonchev–Trinajstić information content (AvgIpc) is 2.89. The van der Waals surface area contributed by atoms with Crippen LogP contribution in [-0.4, -0.2) is 16.8 Å². The van der Waals surface area contributed by atoms with Crippen molar-refractivity contribution in [2.75, 3.05) is 11.5 Å². The zero-order valence-electron chi connectivity index (χ0n) is 13.1. The smallest absolute Gasteiger partial charge is 0.270 e. The molecule has 0 aliphatic carbocycles. The highest BCUT2D eigenvalue weighted by Gasteiger charge is 2.33. The fourth-order valence-electron chi connectivity index (χ4n) is 2.25. The molecule has 0 bridgehead atoms. The number of halogens is 1. The molecule has 25 heavy (non-hydrogen) atoms. The summed E-state index contributed by atoms with van der Waals surface area (Å²) in [6.07, 6.45) is 3.45. The van der Waals surface area contributed by atoms with Crippen molar-refractivity contribution in [3.05, 3.63) is 77.5 Å². The van der Waals surface area contributed by atoms with Crippen LogP contribution in [0.4, 0.5) is 10.1 Å². The lowest BCUT2D eigenvalue weighted by atomic mass is 10.2. The number of ether oxygens (including phenoxy) is 1. The summed E-state index contributed by atoms with van der Waals surface area (Å²) in [7, 11) is 0. The van der Waals surface area contributed by atoms with Crippen molar-refractivity contribution in [1.29, 1.82) is 0 Å². The van der Waals surface area contributed by atoms with Crippen LogP contribution in [-0.2, 0) is 4.79 Å². The topological polar surface area (TPSA) is 29.5 Å². The van der Waals surface area contributed by atoms with E-state index in [0.29, 0.717) is 21.5 Å². The van der Waals surface area contributed by atoms with Crippen molar-refractivity contribution in [2.45, 2.75) is 0 Å². The molecule has 0 radical (unpaired) electrons. The summed E-state index contributed by atoms with van der Waals surface area (Å²) < 4.78 is 18.9. The van der Waals surface area contributed by atoms with Gasteiger partial charge in [0.25, 0.3) is 5.91 Å². The predicted octanol–water partition coefficient (Wildman–Crippen LogP) is 4.80. The van der Waals surface area contributed by atoms with Gasteiger partial charge in [-0.15, -0.1) is 0 Å². The molecule has 0 aromatic heterocycles. The van der Waals surface area contributed by atoms with Gasteiger partial charge >= 0.3 is 0 Å². The maximum absolute atomic E-state index is 13.1. The third-order valence-electron chi connectivity index (χ3n) is 3.42. The molecule has 1 aliphatic heterocycles. The van der Waals surface area contributed by atoms with Crippen LogP contribution >= 0.6 is 24.0 Å². The van der Waals surface area contributed by atoms with E-state index in [0.717, 1.165) is 11.3 Å². The molecule has 0 unspecified atom stereocenters. The molecule has 1 heterocycles. The standard InChI is InChI=1S/C19H14FNO2S2/c1-2-11-23-16-9-3-13(4-10-16)12-17-18(22)21(19(24)25-17)15-7-5-14(20)6-8-15/h2-10,12H,1,11H2. The van der Waals surface area contributed by atoms with E-state index in [9.17, 15) is 9.18 Å². The molecular formula is C19H14FNO2S2. The van der Waals surface area contributed by atoms with Gasteiger partial charge in [0.05, 0.1) is 10.6 Å². The van der Waals surface area contributed by atoms with Crippen LogP contribution in [0, 0.1) is 5.82 Å². The summed E-state index contributed by atoms with van der Waals surface area (Å²) >= 11 is 6.52. The van der Waals surface area contributed by atoms with Crippen LogP contribution < -0.4 is 9.64 Å². The lowest BCUT2D eigenvalue weighted by molar-refractivity contribution is -0.113. The Labute approximate surface area is 154 Å². The molecule has 1 fully saturated rings. The fraction of sp³-hybridized carbons (Fsp3) is 0.0526. The molecule has 2 aromatic carbocycles. The molecule has 0 spiro atoms. The number of carbonyl (C=O) groups is 1. The molecule has 1 amide bonds. The van der Waals surface area contributed by atoms with Crippen LogP contribution in [0.1, 0.15) is 5.56 Å². The summed E-state index contributed by atoms with van der Waals surface area (Å²) in [4.78, 5) is 14.6. The van der Waals surface area contributed by atoms with Gasteiger partial charge in [-0.05, 0) is 48.0 Å². The van der Waals surface area contributed by atoms with Crippen molar-refractivity contribution in [3.63, 3.8) is 0 Å². The number of rotatable bonds is 5. The second-order valence-electron chi connectivity index (χ2n) is 5.16. The summed E-state index contributed by atoms with van der Waals surface area (Å²) in [5, 5.41) is 0. The monoisotopic (exact) mass is 371 g/mol. The van der Waals surface area contributed by atoms with Gasteiger partial charge in [-0.25, -0.2) is 4.39 Å². The fourth-order valence-corrected chi connectivity index (χ4v) is 3.55. The van der Waals surface area contributed by atoms with E-state index in [1.165, 1.54) is 40.9 Å². The van der Waals surface area contributed by atoms with Crippen LogP contribution in [0.25, 0.3) is 6.08 Å². The van der Waals surface area contributed by atoms with Gasteiger partial charge in [0.2, 0.25) is 0 Å². The van der Waals surface area contributed by atoms with E-state index in [1.807, 2.05) is 24.3 Å². The SMILES string of the molecule is C=CCOc1ccc(C=C2SC(=S)N(c3ccc(F)cc3)C2=O)cc1. The zero-order valence-corrected chi connectivity index (χ0v) is 14.8. The van der Waals surface area contributed by atoms with Crippen LogP contribution in [0.5, 0.6) is 5.75 Å². The van der Waals surface area contributed by atoms with Gasteiger partial charge in [-0.3, -0.25) is 9.69 Å². The van der Waals surface area contributed by atoms with Crippen LogP contribution in [0.2, 0.25) is 0 Å². The minimum absolute atomic E-state index is 0.214. The third-order valence-corrected chi connectivity index (χ3v) is 4.73. The Morgan fingerprint density at radius 3 is 2.48 bits per heavy atom. The number of carbonyl (C=O) groups excluding carboxylic acids is 1. The second-order valence-corrected chi connectivity index (χ2v) is 6.84. The largest absolute Gasteiger partial charge is 0.490 e. The van der Waals surface area contributed by atoms with E-state index in [4.69, 9.17) is 17.0 Å². The third kappa shape index (κ3) is 3.97. The Balaban J connectivity index is 1.80. The van der Waals surface area contributed by atoms with Crippen molar-refractivity contribution in [2.24, 2.45) is 0 Å². The summed E-state index contributed by atoms with van der Waals surface area (Å²) in [5.41, 5.74) is 1.42. The van der Waals surface area contributed by atoms with Crippen LogP contribution in [0.3, 0.4) is 0 Å². The zero-order chi connectivity index (χ0) is 17.8. The second kappa shape index (κ2) is 7.63. The van der Waals surface area contributed by atoms with Gasteiger partial charge in [0.1, 0.15) is 18.2 Å². The Kier molecular flexibility index (Phi) is 5.31. The number of thioether (sulfide) groups is 1. The minimum Gasteiger partial charge on any atom is -0.490 e. The first-order chi connectivity index (χ1) is 12.1. The number of amides is 1. The number of nitrogens with zero attached hydrogens (tertiary/aromatic N) is 1. The highest BCUT2D eigenvalue weighted by Crippen LogP contribution is 2.36. The quantitative estimate of drug-likeness (QED) is 0.429. The lowest BCUT2D eigenvalue weighted by Crippen LogP contribution is -2.27. The van der Waals surface area contributed by atoms with E-state index < -0.39 is 0 Å². The van der Waals surface area contributed by atoms with Crippen LogP contribution in [0.15, 0.2) is 66.1 Å². The number of hydrogen-bond acceptors (Lipinski definition) is 4. The number of hydrogen-bond donors (Lipinski definition) is 0. The number of anilines is 1. The highest BCUT2D eigenvalue weighted by molar-refractivity contribution is 8.27. The maximum Gasteiger partial charge on any atom is 0.270 e. The van der Waals surface area contributed by atoms with E-state index >= 15 is 0 Å². The number of thiocarbonyl (C=S) groups is 1. The first kappa shape index (κ1) is 17.4. The molecule has 1 saturated heterocycles. The first-order valence-electron chi connectivity index (χ1n) is 7.46. The molecule has 6 heteroatoms. The molecule has 3 rings (SSSR count). The van der Waals surface area contributed by atoms with Gasteiger partial charge in [0.15, 0.2) is 4.32 Å². The first-order valence-corrected chi connectivity index (χ1v) is 8.68. The van der Waals surface area contributed by atoms with Crippen molar-refractivity contribution in [3.8, 4) is 5.75 Å². The molecule has 126 valence electrons. The molecular weight excluding hydrogens is 357 g/mol. The summed E-state index contributed by atoms with van der Waals surface area (Å²) in [6.45, 7) is 4.04. The van der Waals surface area contributed by atoms with Gasteiger partial charge < -0.3 is 4.74 Å². The Morgan fingerprint density at radius 1 is 1.16 bits per heavy atom. The molecule has 0 saturated carbocycles. The molecule has 0 atom stereocenters. The molecule has 2 aromatic rings. The molecule has 3 nitrogen and oxygen atoms in total. The summed E-state index contributed by atoms with van der Waals surface area (Å²) in [6, 6.07) is 13.1. The molecule has 1 aliphatic rings. The van der Waals surface area contributed by atoms with Crippen molar-refractivity contribution in [1.82, 2.24) is 0 Å². The van der Waals surface area contributed by atoms with Gasteiger partial charge in [-0.2, -0.15) is 0 Å². The minimum atomic E-state index is -0.358. The van der Waals surface area contributed by atoms with E-state index in [1.54, 1.807) is 12.2 Å². The predicted molar refractivity (Wildman–Crippen MR) is 104 cm³/mol. The lowest BCUT2D eigenvalue weighted by Gasteiger charge is -2.14. The number of benzene rings is 2. The highest BCUT2D eigenvalue weighted by atomic mass is 32.2. The van der Waals surface area contributed by atoms with Gasteiger partial charge in [-0.1, -0.05) is 48.8 Å². The normalized spacial score (nSPS) is 15.7. The van der Waals surface area contributed by atoms with E-state index in [2.05, 4.69) is 6.58 Å². The van der Waals surface area contributed by atoms with Gasteiger partial charge in [0, 0.05) is 0 Å². The summed E-state index contributed by atoms with van der Waals surface area (Å²) in [5.74, 6) is 0.160. The van der Waals surface area contributed by atoms with Crippen molar-refractivity contribution < 1.29 is 13.9 Å². The molecule has 0 N–H and O–H groups in total. The average molecular weight is 371 g/mol. The Hall–Kier alpha value is -2.44. The Morgan fingerprint density at radius 2 is 1.84 bits per heavy atom. The van der Waals surface area contributed by atoms with Crippen molar-refractivity contribution >= 4 is 46.0 Å².